The standard InChI is InChI=1S/C15H14N2O2/c18-14-8-4-7-13-15(19)16(9-10-17(13)14)11-12-5-2-1-3-6-12/h1-8H,9-11H2. The molecule has 0 fully saturated rings. The summed E-state index contributed by atoms with van der Waals surface area (Å²) in [5.41, 5.74) is 1.47. The number of rotatable bonds is 2. The predicted octanol–water partition coefficient (Wildman–Crippen LogP) is 1.50. The van der Waals surface area contributed by atoms with Crippen molar-refractivity contribution in [2.75, 3.05) is 6.54 Å². The van der Waals surface area contributed by atoms with Crippen LogP contribution in [0.2, 0.25) is 0 Å². The maximum Gasteiger partial charge on any atom is 0.270 e. The highest BCUT2D eigenvalue weighted by molar-refractivity contribution is 5.93. The van der Waals surface area contributed by atoms with Crippen LogP contribution in [0.4, 0.5) is 0 Å². The Bertz CT molecular complexity index is 661. The van der Waals surface area contributed by atoms with Crippen molar-refractivity contribution in [3.8, 4) is 0 Å². The Morgan fingerprint density at radius 2 is 1.68 bits per heavy atom. The fourth-order valence-electron chi connectivity index (χ4n) is 2.38. The number of nitrogens with zero attached hydrogens (tertiary/aromatic N) is 2. The number of amides is 1. The fourth-order valence-corrected chi connectivity index (χ4v) is 2.38. The van der Waals surface area contributed by atoms with E-state index in [0.717, 1.165) is 5.56 Å². The number of hydrogen-bond acceptors (Lipinski definition) is 2. The Kier molecular flexibility index (Phi) is 2.91. The number of fused-ring (bicyclic) bond motifs is 1. The third-order valence-electron chi connectivity index (χ3n) is 3.37. The number of carbonyl (C=O) groups is 1. The van der Waals surface area contributed by atoms with Crippen molar-refractivity contribution in [3.05, 3.63) is 70.1 Å². The van der Waals surface area contributed by atoms with Gasteiger partial charge in [0, 0.05) is 25.7 Å². The van der Waals surface area contributed by atoms with Crippen molar-refractivity contribution in [2.24, 2.45) is 0 Å². The monoisotopic (exact) mass is 254 g/mol. The Morgan fingerprint density at radius 1 is 0.895 bits per heavy atom. The molecule has 4 heteroatoms. The highest BCUT2D eigenvalue weighted by Crippen LogP contribution is 2.13. The molecule has 0 unspecified atom stereocenters. The maximum atomic E-state index is 12.3. The Labute approximate surface area is 110 Å². The molecule has 19 heavy (non-hydrogen) atoms. The summed E-state index contributed by atoms with van der Waals surface area (Å²) in [5, 5.41) is 0. The summed E-state index contributed by atoms with van der Waals surface area (Å²) in [5.74, 6) is -0.0761. The van der Waals surface area contributed by atoms with Crippen molar-refractivity contribution < 1.29 is 4.79 Å². The summed E-state index contributed by atoms with van der Waals surface area (Å²) < 4.78 is 1.55. The zero-order valence-electron chi connectivity index (χ0n) is 10.5. The lowest BCUT2D eigenvalue weighted by Gasteiger charge is -2.29. The quantitative estimate of drug-likeness (QED) is 0.815. The average Bonchev–Trinajstić information content (AvgIpc) is 2.44. The van der Waals surface area contributed by atoms with Gasteiger partial charge in [-0.15, -0.1) is 0 Å². The first-order valence-corrected chi connectivity index (χ1v) is 6.29. The summed E-state index contributed by atoms with van der Waals surface area (Å²) in [4.78, 5) is 25.8. The van der Waals surface area contributed by atoms with Crippen molar-refractivity contribution in [1.82, 2.24) is 9.47 Å². The Hall–Kier alpha value is -2.36. The molecule has 2 heterocycles. The zero-order valence-corrected chi connectivity index (χ0v) is 10.5. The summed E-state index contributed by atoms with van der Waals surface area (Å²) >= 11 is 0. The number of carbonyl (C=O) groups excluding carboxylic acids is 1. The van der Waals surface area contributed by atoms with Crippen LogP contribution in [0.5, 0.6) is 0 Å². The topological polar surface area (TPSA) is 42.3 Å². The van der Waals surface area contributed by atoms with E-state index < -0.39 is 0 Å². The predicted molar refractivity (Wildman–Crippen MR) is 71.9 cm³/mol. The molecular weight excluding hydrogens is 240 g/mol. The van der Waals surface area contributed by atoms with Gasteiger partial charge in [0.2, 0.25) is 0 Å². The second kappa shape index (κ2) is 4.72. The van der Waals surface area contributed by atoms with E-state index in [2.05, 4.69) is 0 Å². The minimum Gasteiger partial charge on any atom is -0.331 e. The molecule has 0 spiro atoms. The van der Waals surface area contributed by atoms with Crippen LogP contribution in [-0.4, -0.2) is 21.9 Å². The van der Waals surface area contributed by atoms with Crippen LogP contribution >= 0.6 is 0 Å². The molecule has 1 aromatic heterocycles. The minimum absolute atomic E-state index is 0.0761. The fraction of sp³-hybridized carbons (Fsp3) is 0.200. The van der Waals surface area contributed by atoms with Gasteiger partial charge in [-0.3, -0.25) is 9.59 Å². The first-order chi connectivity index (χ1) is 9.25. The van der Waals surface area contributed by atoms with Gasteiger partial charge < -0.3 is 9.47 Å². The van der Waals surface area contributed by atoms with Gasteiger partial charge in [-0.05, 0) is 11.6 Å². The van der Waals surface area contributed by atoms with Crippen LogP contribution in [-0.2, 0) is 13.1 Å². The molecule has 0 atom stereocenters. The Morgan fingerprint density at radius 3 is 2.47 bits per heavy atom. The molecule has 0 saturated carbocycles. The average molecular weight is 254 g/mol. The molecule has 3 rings (SSSR count). The van der Waals surface area contributed by atoms with E-state index in [9.17, 15) is 9.59 Å². The van der Waals surface area contributed by atoms with E-state index in [1.54, 1.807) is 21.6 Å². The van der Waals surface area contributed by atoms with E-state index in [1.165, 1.54) is 6.07 Å². The van der Waals surface area contributed by atoms with Crippen LogP contribution in [0.15, 0.2) is 53.3 Å². The molecule has 1 aliphatic heterocycles. The third-order valence-corrected chi connectivity index (χ3v) is 3.37. The molecule has 96 valence electrons. The molecule has 4 nitrogen and oxygen atoms in total. The van der Waals surface area contributed by atoms with E-state index in [4.69, 9.17) is 0 Å². The molecule has 0 aliphatic carbocycles. The first kappa shape index (κ1) is 11.7. The first-order valence-electron chi connectivity index (χ1n) is 6.29. The lowest BCUT2D eigenvalue weighted by atomic mass is 10.1. The lowest BCUT2D eigenvalue weighted by Crippen LogP contribution is -2.43. The van der Waals surface area contributed by atoms with Crippen molar-refractivity contribution >= 4 is 5.91 Å². The van der Waals surface area contributed by atoms with Crippen LogP contribution in [0, 0.1) is 0 Å². The minimum atomic E-state index is -0.106. The van der Waals surface area contributed by atoms with E-state index >= 15 is 0 Å². The van der Waals surface area contributed by atoms with Crippen molar-refractivity contribution in [2.45, 2.75) is 13.1 Å². The molecule has 1 aliphatic rings. The van der Waals surface area contributed by atoms with Crippen LogP contribution in [0.25, 0.3) is 0 Å². The number of pyridine rings is 1. The molecule has 0 N–H and O–H groups in total. The Balaban J connectivity index is 1.88. The maximum absolute atomic E-state index is 12.3. The normalized spacial score (nSPS) is 14.3. The zero-order chi connectivity index (χ0) is 13.2. The SMILES string of the molecule is O=C1c2cccc(=O)n2CCN1Cc1ccccc1. The van der Waals surface area contributed by atoms with E-state index in [0.29, 0.717) is 25.3 Å². The van der Waals surface area contributed by atoms with Gasteiger partial charge in [0.1, 0.15) is 5.69 Å². The van der Waals surface area contributed by atoms with Crippen LogP contribution in [0.3, 0.4) is 0 Å². The third kappa shape index (κ3) is 2.17. The summed E-state index contributed by atoms with van der Waals surface area (Å²) in [6.45, 7) is 1.72. The van der Waals surface area contributed by atoms with Gasteiger partial charge in [0.15, 0.2) is 0 Å². The molecule has 0 radical (unpaired) electrons. The number of benzene rings is 1. The van der Waals surface area contributed by atoms with E-state index in [1.807, 2.05) is 30.3 Å². The van der Waals surface area contributed by atoms with Crippen LogP contribution < -0.4 is 5.56 Å². The van der Waals surface area contributed by atoms with E-state index in [-0.39, 0.29) is 11.5 Å². The number of hydrogen-bond donors (Lipinski definition) is 0. The highest BCUT2D eigenvalue weighted by atomic mass is 16.2. The van der Waals surface area contributed by atoms with Gasteiger partial charge in [-0.1, -0.05) is 36.4 Å². The molecule has 1 amide bonds. The summed E-state index contributed by atoms with van der Waals surface area (Å²) in [6.07, 6.45) is 0. The number of aromatic nitrogens is 1. The van der Waals surface area contributed by atoms with Crippen molar-refractivity contribution in [1.29, 1.82) is 0 Å². The molecule has 0 bridgehead atoms. The van der Waals surface area contributed by atoms with Gasteiger partial charge in [-0.2, -0.15) is 0 Å². The second-order valence-electron chi connectivity index (χ2n) is 4.61. The van der Waals surface area contributed by atoms with Gasteiger partial charge in [0.25, 0.3) is 11.5 Å². The largest absolute Gasteiger partial charge is 0.331 e. The summed E-state index contributed by atoms with van der Waals surface area (Å²) in [7, 11) is 0. The lowest BCUT2D eigenvalue weighted by molar-refractivity contribution is 0.0686. The van der Waals surface area contributed by atoms with Gasteiger partial charge in [0.05, 0.1) is 0 Å². The van der Waals surface area contributed by atoms with Crippen molar-refractivity contribution in [3.63, 3.8) is 0 Å². The van der Waals surface area contributed by atoms with Crippen LogP contribution in [0.1, 0.15) is 16.1 Å². The van der Waals surface area contributed by atoms with Gasteiger partial charge in [-0.25, -0.2) is 0 Å². The summed E-state index contributed by atoms with van der Waals surface area (Å²) in [6, 6.07) is 14.7. The smallest absolute Gasteiger partial charge is 0.270 e. The molecule has 0 saturated heterocycles. The molecular formula is C15H14N2O2. The molecule has 2 aromatic rings. The van der Waals surface area contributed by atoms with Gasteiger partial charge >= 0.3 is 0 Å². The highest BCUT2D eigenvalue weighted by Gasteiger charge is 2.24. The molecule has 1 aromatic carbocycles. The second-order valence-corrected chi connectivity index (χ2v) is 4.61.